The number of carbonyl (C=O) groups excluding carboxylic acids is 1. The molecule has 2 saturated carbocycles. The van der Waals surface area contributed by atoms with Crippen LogP contribution in [0.15, 0.2) is 30.3 Å². The van der Waals surface area contributed by atoms with E-state index in [1.807, 2.05) is 18.2 Å². The van der Waals surface area contributed by atoms with Gasteiger partial charge < -0.3 is 4.79 Å². The zero-order valence-electron chi connectivity index (χ0n) is 9.56. The first-order chi connectivity index (χ1) is 7.83. The number of aldehydes is 1. The summed E-state index contributed by atoms with van der Waals surface area (Å²) in [5.74, 6) is 0.757. The summed E-state index contributed by atoms with van der Waals surface area (Å²) in [7, 11) is 0. The lowest BCUT2D eigenvalue weighted by molar-refractivity contribution is -0.114. The fraction of sp³-hybridized carbons (Fsp3) is 0.533. The van der Waals surface area contributed by atoms with Gasteiger partial charge in [-0.3, -0.25) is 0 Å². The lowest BCUT2D eigenvalue weighted by atomic mass is 9.49. The second-order valence-corrected chi connectivity index (χ2v) is 5.59. The molecule has 0 radical (unpaired) electrons. The van der Waals surface area contributed by atoms with Crippen molar-refractivity contribution in [1.29, 1.82) is 0 Å². The third-order valence-electron chi connectivity index (χ3n) is 4.64. The first-order valence-electron chi connectivity index (χ1n) is 6.33. The Morgan fingerprint density at radius 2 is 1.88 bits per heavy atom. The summed E-state index contributed by atoms with van der Waals surface area (Å²) in [6.45, 7) is 0. The molecule has 1 aromatic rings. The molecule has 1 aromatic carbocycles. The molecule has 0 heterocycles. The van der Waals surface area contributed by atoms with Gasteiger partial charge >= 0.3 is 0 Å². The van der Waals surface area contributed by atoms with Crippen LogP contribution in [-0.2, 0) is 4.79 Å². The molecule has 2 fully saturated rings. The highest BCUT2D eigenvalue weighted by Crippen LogP contribution is 2.61. The van der Waals surface area contributed by atoms with Gasteiger partial charge in [0, 0.05) is 5.92 Å². The van der Waals surface area contributed by atoms with Gasteiger partial charge in [0.2, 0.25) is 0 Å². The molecule has 0 aliphatic heterocycles. The minimum Gasteiger partial charge on any atom is -0.303 e. The summed E-state index contributed by atoms with van der Waals surface area (Å²) in [6.07, 6.45) is 7.94. The molecule has 0 amide bonds. The van der Waals surface area contributed by atoms with Crippen molar-refractivity contribution < 1.29 is 4.79 Å². The van der Waals surface area contributed by atoms with Crippen molar-refractivity contribution in [3.8, 4) is 0 Å². The molecule has 3 rings (SSSR count). The molecule has 2 aliphatic carbocycles. The Bertz CT molecular complexity index is 370. The molecule has 84 valence electrons. The fourth-order valence-corrected chi connectivity index (χ4v) is 3.53. The third-order valence-corrected chi connectivity index (χ3v) is 4.64. The SMILES string of the molecule is O=C[C@H](c1ccccc1)C1CC2(CCC2)C1. The van der Waals surface area contributed by atoms with Crippen LogP contribution in [-0.4, -0.2) is 6.29 Å². The predicted molar refractivity (Wildman–Crippen MR) is 64.3 cm³/mol. The Balaban J connectivity index is 1.71. The second-order valence-electron chi connectivity index (χ2n) is 5.59. The van der Waals surface area contributed by atoms with Crippen LogP contribution in [0.5, 0.6) is 0 Å². The lowest BCUT2D eigenvalue weighted by Crippen LogP contribution is -2.45. The Labute approximate surface area is 96.9 Å². The molecule has 0 N–H and O–H groups in total. The largest absolute Gasteiger partial charge is 0.303 e. The Morgan fingerprint density at radius 3 is 2.38 bits per heavy atom. The van der Waals surface area contributed by atoms with Crippen molar-refractivity contribution in [2.45, 2.75) is 38.0 Å². The average molecular weight is 214 g/mol. The van der Waals surface area contributed by atoms with E-state index < -0.39 is 0 Å². The fourth-order valence-electron chi connectivity index (χ4n) is 3.53. The maximum Gasteiger partial charge on any atom is 0.127 e. The Kier molecular flexibility index (Phi) is 2.34. The van der Waals surface area contributed by atoms with E-state index in [1.165, 1.54) is 37.7 Å². The summed E-state index contributed by atoms with van der Waals surface area (Å²) in [5, 5.41) is 0. The predicted octanol–water partition coefficient (Wildman–Crippen LogP) is 3.55. The van der Waals surface area contributed by atoms with E-state index in [0.717, 1.165) is 6.29 Å². The lowest BCUT2D eigenvalue weighted by Gasteiger charge is -2.55. The molecule has 0 aromatic heterocycles. The van der Waals surface area contributed by atoms with Gasteiger partial charge in [-0.15, -0.1) is 0 Å². The van der Waals surface area contributed by atoms with E-state index in [-0.39, 0.29) is 5.92 Å². The number of carbonyl (C=O) groups is 1. The van der Waals surface area contributed by atoms with Crippen molar-refractivity contribution >= 4 is 6.29 Å². The quantitative estimate of drug-likeness (QED) is 0.703. The van der Waals surface area contributed by atoms with E-state index >= 15 is 0 Å². The molecule has 2 aliphatic rings. The van der Waals surface area contributed by atoms with Gasteiger partial charge in [-0.2, -0.15) is 0 Å². The number of rotatable bonds is 3. The Morgan fingerprint density at radius 1 is 1.19 bits per heavy atom. The van der Waals surface area contributed by atoms with Gasteiger partial charge in [-0.25, -0.2) is 0 Å². The van der Waals surface area contributed by atoms with Crippen LogP contribution in [0.2, 0.25) is 0 Å². The summed E-state index contributed by atoms with van der Waals surface area (Å²) >= 11 is 0. The van der Waals surface area contributed by atoms with Gasteiger partial charge in [0.25, 0.3) is 0 Å². The first-order valence-corrected chi connectivity index (χ1v) is 6.33. The molecular formula is C15H18O. The van der Waals surface area contributed by atoms with Crippen molar-refractivity contribution in [3.05, 3.63) is 35.9 Å². The first kappa shape index (κ1) is 10.1. The summed E-state index contributed by atoms with van der Waals surface area (Å²) in [5.41, 5.74) is 1.87. The highest BCUT2D eigenvalue weighted by Gasteiger charge is 2.50. The Hall–Kier alpha value is -1.11. The van der Waals surface area contributed by atoms with Gasteiger partial charge in [0.1, 0.15) is 6.29 Å². The van der Waals surface area contributed by atoms with E-state index in [0.29, 0.717) is 11.3 Å². The smallest absolute Gasteiger partial charge is 0.127 e. The topological polar surface area (TPSA) is 17.1 Å². The maximum atomic E-state index is 11.3. The van der Waals surface area contributed by atoms with Crippen LogP contribution < -0.4 is 0 Å². The van der Waals surface area contributed by atoms with Gasteiger partial charge in [0.05, 0.1) is 0 Å². The zero-order chi connectivity index (χ0) is 11.0. The molecule has 1 nitrogen and oxygen atoms in total. The molecule has 0 saturated heterocycles. The minimum atomic E-state index is 0.146. The molecule has 1 heteroatoms. The van der Waals surface area contributed by atoms with Crippen LogP contribution in [0.3, 0.4) is 0 Å². The van der Waals surface area contributed by atoms with Gasteiger partial charge in [-0.1, -0.05) is 36.8 Å². The molecular weight excluding hydrogens is 196 g/mol. The molecule has 1 atom stereocenters. The van der Waals surface area contributed by atoms with Gasteiger partial charge in [-0.05, 0) is 42.6 Å². The highest BCUT2D eigenvalue weighted by atomic mass is 16.1. The minimum absolute atomic E-state index is 0.146. The van der Waals surface area contributed by atoms with Gasteiger partial charge in [0.15, 0.2) is 0 Å². The molecule has 0 unspecified atom stereocenters. The maximum absolute atomic E-state index is 11.3. The molecule has 16 heavy (non-hydrogen) atoms. The number of benzene rings is 1. The standard InChI is InChI=1S/C15H18O/c16-11-14(12-5-2-1-3-6-12)13-9-15(10-13)7-4-8-15/h1-3,5-6,11,13-14H,4,7-10H2/t14-/m1/s1. The molecule has 0 bridgehead atoms. The second kappa shape index (κ2) is 3.73. The average Bonchev–Trinajstić information content (AvgIpc) is 2.21. The normalized spacial score (nSPS) is 24.5. The van der Waals surface area contributed by atoms with E-state index in [2.05, 4.69) is 12.1 Å². The zero-order valence-corrected chi connectivity index (χ0v) is 9.56. The van der Waals surface area contributed by atoms with E-state index in [4.69, 9.17) is 0 Å². The monoisotopic (exact) mass is 214 g/mol. The van der Waals surface area contributed by atoms with Crippen LogP contribution in [0.1, 0.15) is 43.6 Å². The van der Waals surface area contributed by atoms with Crippen molar-refractivity contribution in [2.75, 3.05) is 0 Å². The summed E-state index contributed by atoms with van der Waals surface area (Å²) < 4.78 is 0. The highest BCUT2D eigenvalue weighted by molar-refractivity contribution is 5.63. The molecule has 1 spiro atoms. The van der Waals surface area contributed by atoms with Crippen molar-refractivity contribution in [3.63, 3.8) is 0 Å². The number of hydrogen-bond donors (Lipinski definition) is 0. The van der Waals surface area contributed by atoms with E-state index in [9.17, 15) is 4.79 Å². The van der Waals surface area contributed by atoms with Crippen molar-refractivity contribution in [1.82, 2.24) is 0 Å². The van der Waals surface area contributed by atoms with Crippen LogP contribution in [0.4, 0.5) is 0 Å². The summed E-state index contributed by atoms with van der Waals surface area (Å²) in [6, 6.07) is 10.3. The van der Waals surface area contributed by atoms with Crippen LogP contribution in [0.25, 0.3) is 0 Å². The van der Waals surface area contributed by atoms with Crippen LogP contribution in [0, 0.1) is 11.3 Å². The van der Waals surface area contributed by atoms with Crippen LogP contribution >= 0.6 is 0 Å². The summed E-state index contributed by atoms with van der Waals surface area (Å²) in [4.78, 5) is 11.3. The van der Waals surface area contributed by atoms with E-state index in [1.54, 1.807) is 0 Å². The number of hydrogen-bond acceptors (Lipinski definition) is 1. The van der Waals surface area contributed by atoms with Crippen molar-refractivity contribution in [2.24, 2.45) is 11.3 Å². The third kappa shape index (κ3) is 1.50.